The first-order valence-corrected chi connectivity index (χ1v) is 8.03. The fourth-order valence-electron chi connectivity index (χ4n) is 2.41. The summed E-state index contributed by atoms with van der Waals surface area (Å²) in [6.45, 7) is 5.90. The summed E-state index contributed by atoms with van der Waals surface area (Å²) in [6, 6.07) is 8.13. The molecule has 0 bridgehead atoms. The van der Waals surface area contributed by atoms with E-state index in [1.165, 1.54) is 5.56 Å². The van der Waals surface area contributed by atoms with Crippen LogP contribution in [-0.2, 0) is 6.42 Å². The maximum absolute atomic E-state index is 8.05. The predicted octanol–water partition coefficient (Wildman–Crippen LogP) is 4.78. The minimum atomic E-state index is 0.611. The first-order valence-electron chi connectivity index (χ1n) is 8.03. The summed E-state index contributed by atoms with van der Waals surface area (Å²) in [4.78, 5) is 0. The molecule has 120 valence electrons. The summed E-state index contributed by atoms with van der Waals surface area (Å²) in [5, 5.41) is 14.4. The Morgan fingerprint density at radius 1 is 1.35 bits per heavy atom. The van der Waals surface area contributed by atoms with Crippen molar-refractivity contribution in [1.82, 2.24) is 5.32 Å². The third-order valence-corrected chi connectivity index (χ3v) is 3.79. The van der Waals surface area contributed by atoms with E-state index >= 15 is 0 Å². The van der Waals surface area contributed by atoms with Crippen molar-refractivity contribution >= 4 is 11.4 Å². The van der Waals surface area contributed by atoms with Gasteiger partial charge in [-0.3, -0.25) is 0 Å². The van der Waals surface area contributed by atoms with Gasteiger partial charge in [0.25, 0.3) is 0 Å². The van der Waals surface area contributed by atoms with E-state index in [1.807, 2.05) is 30.5 Å². The van der Waals surface area contributed by atoms with Gasteiger partial charge in [-0.2, -0.15) is 0 Å². The Balaban J connectivity index is 1.80. The third-order valence-electron chi connectivity index (χ3n) is 3.79. The molecule has 1 aliphatic rings. The largest absolute Gasteiger partial charge is 0.362 e. The van der Waals surface area contributed by atoms with Crippen LogP contribution in [0.1, 0.15) is 25.3 Å². The quantitative estimate of drug-likeness (QED) is 0.605. The fourth-order valence-corrected chi connectivity index (χ4v) is 2.41. The summed E-state index contributed by atoms with van der Waals surface area (Å²) in [5.41, 5.74) is 3.97. The van der Waals surface area contributed by atoms with Crippen molar-refractivity contribution in [3.8, 4) is 0 Å². The minimum Gasteiger partial charge on any atom is -0.362 e. The maximum atomic E-state index is 8.05. The molecule has 0 aliphatic heterocycles. The monoisotopic (exact) mass is 307 g/mol. The summed E-state index contributed by atoms with van der Waals surface area (Å²) >= 11 is 0. The molecule has 0 aromatic heterocycles. The summed E-state index contributed by atoms with van der Waals surface area (Å²) in [7, 11) is 0. The fraction of sp³-hybridized carbons (Fsp3) is 0.250. The molecular formula is C20H25N3. The van der Waals surface area contributed by atoms with Crippen molar-refractivity contribution in [2.45, 2.75) is 26.2 Å². The molecule has 0 heterocycles. The van der Waals surface area contributed by atoms with Crippen LogP contribution in [0.5, 0.6) is 0 Å². The number of benzene rings is 1. The lowest BCUT2D eigenvalue weighted by Gasteiger charge is -2.11. The van der Waals surface area contributed by atoms with Crippen LogP contribution >= 0.6 is 0 Å². The second kappa shape index (κ2) is 8.79. The number of nitrogens with one attached hydrogen (secondary N) is 3. The molecule has 0 spiro atoms. The molecule has 23 heavy (non-hydrogen) atoms. The van der Waals surface area contributed by atoms with Crippen molar-refractivity contribution in [2.75, 3.05) is 5.32 Å². The molecule has 3 heteroatoms. The van der Waals surface area contributed by atoms with Gasteiger partial charge in [-0.1, -0.05) is 43.9 Å². The van der Waals surface area contributed by atoms with E-state index in [-0.39, 0.29) is 0 Å². The summed E-state index contributed by atoms with van der Waals surface area (Å²) in [6.07, 6.45) is 14.5. The Bertz CT molecular complexity index is 638. The van der Waals surface area contributed by atoms with Gasteiger partial charge in [-0.05, 0) is 55.2 Å². The molecule has 1 unspecified atom stereocenters. The smallest absolute Gasteiger partial charge is 0.0412 e. The van der Waals surface area contributed by atoms with Crippen LogP contribution in [0.4, 0.5) is 5.69 Å². The van der Waals surface area contributed by atoms with Crippen LogP contribution in [0.15, 0.2) is 73.2 Å². The maximum Gasteiger partial charge on any atom is 0.0412 e. The zero-order valence-electron chi connectivity index (χ0n) is 13.7. The first kappa shape index (κ1) is 16.8. The molecule has 0 radical (unpaired) electrons. The molecule has 0 saturated heterocycles. The molecule has 1 aromatic carbocycles. The van der Waals surface area contributed by atoms with Gasteiger partial charge >= 0.3 is 0 Å². The molecular weight excluding hydrogens is 282 g/mol. The van der Waals surface area contributed by atoms with E-state index in [0.29, 0.717) is 18.1 Å². The Kier molecular flexibility index (Phi) is 6.42. The van der Waals surface area contributed by atoms with Crippen molar-refractivity contribution in [2.24, 2.45) is 5.92 Å². The van der Waals surface area contributed by atoms with E-state index in [2.05, 4.69) is 48.4 Å². The van der Waals surface area contributed by atoms with Crippen LogP contribution < -0.4 is 10.6 Å². The standard InChI is InChI=1S/C20H25N3/c1-3-22-20-7-5-4-6-17(20)10-11-18(21)14-15-23-19-12-8-16(2)9-13-19/h3-8,12-16,21-23H,1,9-11H2,2H3/b15-14-,21-18?. The van der Waals surface area contributed by atoms with Crippen molar-refractivity contribution in [3.63, 3.8) is 0 Å². The third kappa shape index (κ3) is 5.62. The number of hydrogen-bond donors (Lipinski definition) is 3. The van der Waals surface area contributed by atoms with Gasteiger partial charge in [0.1, 0.15) is 0 Å². The lowest BCUT2D eigenvalue weighted by molar-refractivity contribution is 0.724. The molecule has 3 nitrogen and oxygen atoms in total. The highest BCUT2D eigenvalue weighted by Crippen LogP contribution is 2.17. The van der Waals surface area contributed by atoms with Crippen molar-refractivity contribution < 1.29 is 0 Å². The highest BCUT2D eigenvalue weighted by molar-refractivity contribution is 5.92. The molecule has 1 atom stereocenters. The lowest BCUT2D eigenvalue weighted by Crippen LogP contribution is -2.07. The van der Waals surface area contributed by atoms with E-state index in [9.17, 15) is 0 Å². The molecule has 0 fully saturated rings. The Hall–Kier alpha value is -2.55. The number of anilines is 1. The van der Waals surface area contributed by atoms with E-state index in [4.69, 9.17) is 5.41 Å². The Labute approximate surface area is 139 Å². The van der Waals surface area contributed by atoms with Crippen LogP contribution in [0.3, 0.4) is 0 Å². The predicted molar refractivity (Wildman–Crippen MR) is 99.6 cm³/mol. The van der Waals surface area contributed by atoms with Crippen molar-refractivity contribution in [1.29, 1.82) is 5.41 Å². The molecule has 0 saturated carbocycles. The molecule has 3 N–H and O–H groups in total. The normalized spacial score (nSPS) is 16.9. The zero-order valence-corrected chi connectivity index (χ0v) is 13.7. The number of rotatable bonds is 8. The lowest BCUT2D eigenvalue weighted by atomic mass is 10.0. The van der Waals surface area contributed by atoms with E-state index < -0.39 is 0 Å². The number of hydrogen-bond acceptors (Lipinski definition) is 3. The second-order valence-corrected chi connectivity index (χ2v) is 5.74. The van der Waals surface area contributed by atoms with Gasteiger partial charge in [0, 0.05) is 23.3 Å². The number of aryl methyl sites for hydroxylation is 1. The molecule has 2 rings (SSSR count). The van der Waals surface area contributed by atoms with Crippen LogP contribution in [0, 0.1) is 11.3 Å². The van der Waals surface area contributed by atoms with Crippen LogP contribution in [-0.4, -0.2) is 5.71 Å². The van der Waals surface area contributed by atoms with Gasteiger partial charge in [0.2, 0.25) is 0 Å². The molecule has 0 amide bonds. The highest BCUT2D eigenvalue weighted by atomic mass is 14.8. The molecule has 1 aromatic rings. The zero-order chi connectivity index (χ0) is 16.5. The first-order chi connectivity index (χ1) is 11.2. The van der Waals surface area contributed by atoms with E-state index in [1.54, 1.807) is 6.20 Å². The average molecular weight is 307 g/mol. The van der Waals surface area contributed by atoms with Gasteiger partial charge < -0.3 is 16.0 Å². The number of allylic oxidation sites excluding steroid dienone is 4. The Morgan fingerprint density at radius 3 is 2.91 bits per heavy atom. The summed E-state index contributed by atoms with van der Waals surface area (Å²) < 4.78 is 0. The molecule has 1 aliphatic carbocycles. The summed E-state index contributed by atoms with van der Waals surface area (Å²) in [5.74, 6) is 0.618. The van der Waals surface area contributed by atoms with Gasteiger partial charge in [0.05, 0.1) is 0 Å². The highest BCUT2D eigenvalue weighted by Gasteiger charge is 2.03. The van der Waals surface area contributed by atoms with Crippen LogP contribution in [0.25, 0.3) is 0 Å². The van der Waals surface area contributed by atoms with Gasteiger partial charge in [0.15, 0.2) is 0 Å². The minimum absolute atomic E-state index is 0.611. The second-order valence-electron chi connectivity index (χ2n) is 5.74. The van der Waals surface area contributed by atoms with Gasteiger partial charge in [-0.25, -0.2) is 0 Å². The Morgan fingerprint density at radius 2 is 2.17 bits per heavy atom. The SMILES string of the molecule is C=CNc1ccccc1CCC(=N)/C=C\NC1=CCC(C)C=C1. The number of para-hydroxylation sites is 1. The van der Waals surface area contributed by atoms with Gasteiger partial charge in [-0.15, -0.1) is 0 Å². The van der Waals surface area contributed by atoms with Crippen molar-refractivity contribution in [3.05, 3.63) is 78.8 Å². The topological polar surface area (TPSA) is 47.9 Å². The van der Waals surface area contributed by atoms with E-state index in [0.717, 1.165) is 24.2 Å². The van der Waals surface area contributed by atoms with Crippen LogP contribution in [0.2, 0.25) is 0 Å². The average Bonchev–Trinajstić information content (AvgIpc) is 2.56.